The first-order chi connectivity index (χ1) is 16.1. The average Bonchev–Trinajstić information content (AvgIpc) is 3.10. The maximum atomic E-state index is 11.7. The molecule has 0 unspecified atom stereocenters. The third kappa shape index (κ3) is 8.37. The Hall–Kier alpha value is 0.243. The van der Waals surface area contributed by atoms with Gasteiger partial charge < -0.3 is 14.7 Å². The van der Waals surface area contributed by atoms with Gasteiger partial charge in [0.1, 0.15) is 21.8 Å². The largest absolute Gasteiger partial charge is 1.00 e. The van der Waals surface area contributed by atoms with Crippen molar-refractivity contribution in [2.75, 3.05) is 19.0 Å². The Bertz CT molecular complexity index is 1390. The molecule has 0 atom stereocenters. The van der Waals surface area contributed by atoms with Crippen LogP contribution in [0.4, 0.5) is 17.2 Å². The standard InChI is InChI=1S/C19H17ClN6O6S2.2K/c1-11-14(10-21)19(23-22-12-4-6-13(7-5-12)25(2)3)26(24-11)16-9-18(34(28,29)30)15(20)8-17(16)33-32-31-27;;/h4-9,27H,1-3H3,(H,28,29,30);;/q;2*+1/p-2. The van der Waals surface area contributed by atoms with Gasteiger partial charge >= 0.3 is 103 Å². The van der Waals surface area contributed by atoms with E-state index in [4.69, 9.17) is 11.6 Å². The predicted molar refractivity (Wildman–Crippen MR) is 119 cm³/mol. The van der Waals surface area contributed by atoms with E-state index in [1.54, 1.807) is 12.1 Å². The van der Waals surface area contributed by atoms with E-state index in [9.17, 15) is 23.5 Å². The van der Waals surface area contributed by atoms with Crippen molar-refractivity contribution in [1.82, 2.24) is 9.78 Å². The Kier molecular flexibility index (Phi) is 14.4. The molecule has 3 rings (SSSR count). The molecule has 36 heavy (non-hydrogen) atoms. The summed E-state index contributed by atoms with van der Waals surface area (Å²) in [4.78, 5) is 1.21. The van der Waals surface area contributed by atoms with Crippen LogP contribution in [0.2, 0.25) is 5.02 Å². The van der Waals surface area contributed by atoms with E-state index in [2.05, 4.69) is 24.7 Å². The summed E-state index contributed by atoms with van der Waals surface area (Å²) in [5.41, 5.74) is 1.64. The molecule has 0 saturated carbocycles. The van der Waals surface area contributed by atoms with Gasteiger partial charge in [-0.25, -0.2) is 13.1 Å². The molecular weight excluding hydrogens is 586 g/mol. The summed E-state index contributed by atoms with van der Waals surface area (Å²) in [7, 11) is -1.21. The Morgan fingerprint density at radius 1 is 1.19 bits per heavy atom. The van der Waals surface area contributed by atoms with Crippen molar-refractivity contribution in [2.45, 2.75) is 16.7 Å². The van der Waals surface area contributed by atoms with E-state index in [1.165, 1.54) is 6.92 Å². The first-order valence-corrected chi connectivity index (χ1v) is 11.7. The van der Waals surface area contributed by atoms with E-state index in [0.717, 1.165) is 22.5 Å². The molecule has 1 heterocycles. The molecule has 0 saturated heterocycles. The Morgan fingerprint density at radius 3 is 2.36 bits per heavy atom. The molecule has 17 heteroatoms. The Balaban J connectivity index is 0.00000324. The number of hydrogen-bond acceptors (Lipinski definition) is 12. The van der Waals surface area contributed by atoms with Crippen LogP contribution in [0.1, 0.15) is 11.3 Å². The summed E-state index contributed by atoms with van der Waals surface area (Å²) >= 11 is 6.33. The fraction of sp³-hybridized carbons (Fsp3) is 0.158. The van der Waals surface area contributed by atoms with Crippen molar-refractivity contribution in [3.05, 3.63) is 52.7 Å². The molecule has 12 nitrogen and oxygen atoms in total. The summed E-state index contributed by atoms with van der Waals surface area (Å²) in [5, 5.41) is 35.4. The van der Waals surface area contributed by atoms with Gasteiger partial charge in [-0.05, 0) is 43.3 Å². The van der Waals surface area contributed by atoms with E-state index in [1.807, 2.05) is 37.2 Å². The number of aryl methyl sites for hydroxylation is 1. The van der Waals surface area contributed by atoms with Gasteiger partial charge in [-0.2, -0.15) is 14.7 Å². The van der Waals surface area contributed by atoms with Gasteiger partial charge in [0.15, 0.2) is 5.82 Å². The van der Waals surface area contributed by atoms with Crippen molar-refractivity contribution < 1.29 is 130 Å². The van der Waals surface area contributed by atoms with Gasteiger partial charge in [-0.15, -0.1) is 10.2 Å². The van der Waals surface area contributed by atoms with Crippen LogP contribution in [0.15, 0.2) is 56.4 Å². The Labute approximate surface area is 301 Å². The second-order valence-electron chi connectivity index (χ2n) is 6.84. The summed E-state index contributed by atoms with van der Waals surface area (Å²) in [6, 6.07) is 11.0. The molecule has 2 aromatic carbocycles. The number of benzene rings is 2. The van der Waals surface area contributed by atoms with Crippen LogP contribution in [0.3, 0.4) is 0 Å². The van der Waals surface area contributed by atoms with Gasteiger partial charge in [-0.3, -0.25) is 5.04 Å². The molecule has 0 amide bonds. The molecule has 1 aromatic heterocycles. The molecule has 0 radical (unpaired) electrons. The van der Waals surface area contributed by atoms with Crippen LogP contribution >= 0.6 is 23.6 Å². The fourth-order valence-corrected chi connectivity index (χ4v) is 4.39. The number of aromatic nitrogens is 2. The van der Waals surface area contributed by atoms with Crippen LogP contribution in [0.5, 0.6) is 0 Å². The van der Waals surface area contributed by atoms with Crippen LogP contribution in [-0.4, -0.2) is 36.8 Å². The van der Waals surface area contributed by atoms with E-state index in [-0.39, 0.29) is 130 Å². The number of anilines is 1. The topological polar surface area (TPSA) is 168 Å². The summed E-state index contributed by atoms with van der Waals surface area (Å²) in [6.45, 7) is 1.53. The van der Waals surface area contributed by atoms with Gasteiger partial charge in [0.25, 0.3) is 0 Å². The first-order valence-electron chi connectivity index (χ1n) is 9.18. The number of nitrogens with zero attached hydrogens (tertiary/aromatic N) is 6. The molecule has 0 fully saturated rings. The van der Waals surface area contributed by atoms with E-state index < -0.39 is 20.0 Å². The Morgan fingerprint density at radius 2 is 1.83 bits per heavy atom. The summed E-state index contributed by atoms with van der Waals surface area (Å²) in [6.07, 6.45) is 0. The molecule has 0 bridgehead atoms. The number of rotatable bonds is 8. The van der Waals surface area contributed by atoms with Crippen LogP contribution in [0, 0.1) is 18.3 Å². The minimum atomic E-state index is -4.98. The van der Waals surface area contributed by atoms with E-state index >= 15 is 0 Å². The quantitative estimate of drug-likeness (QED) is 0.0664. The monoisotopic (exact) mass is 600 g/mol. The fourth-order valence-electron chi connectivity index (χ4n) is 2.83. The van der Waals surface area contributed by atoms with Crippen LogP contribution < -0.4 is 113 Å². The molecule has 0 aliphatic heterocycles. The minimum absolute atomic E-state index is 0. The van der Waals surface area contributed by atoms with Crippen molar-refractivity contribution in [2.24, 2.45) is 10.2 Å². The van der Waals surface area contributed by atoms with Crippen molar-refractivity contribution in [3.63, 3.8) is 0 Å². The number of azo groups is 1. The van der Waals surface area contributed by atoms with Crippen molar-refractivity contribution in [3.8, 4) is 11.8 Å². The van der Waals surface area contributed by atoms with Gasteiger partial charge in [0, 0.05) is 19.8 Å². The van der Waals surface area contributed by atoms with E-state index in [0.29, 0.717) is 17.7 Å². The van der Waals surface area contributed by atoms with Gasteiger partial charge in [0.05, 0.1) is 43.9 Å². The second-order valence-corrected chi connectivity index (χ2v) is 9.34. The molecular formula is C19H15ClK2N6O6S2. The number of hydrogen-bond donors (Lipinski definition) is 0. The summed E-state index contributed by atoms with van der Waals surface area (Å²) < 4.78 is 40.5. The number of halogens is 1. The molecule has 0 spiro atoms. The van der Waals surface area contributed by atoms with Gasteiger partial charge in [0.2, 0.25) is 0 Å². The molecule has 0 aliphatic rings. The van der Waals surface area contributed by atoms with Crippen LogP contribution in [0.25, 0.3) is 5.69 Å². The zero-order valence-corrected chi connectivity index (χ0v) is 28.4. The first kappa shape index (κ1) is 34.3. The van der Waals surface area contributed by atoms with Gasteiger partial charge in [-0.1, -0.05) is 11.6 Å². The normalized spacial score (nSPS) is 11.0. The maximum Gasteiger partial charge on any atom is 1.00 e. The molecule has 0 N–H and O–H groups in total. The second kappa shape index (κ2) is 15.1. The van der Waals surface area contributed by atoms with Crippen molar-refractivity contribution >= 4 is 51.0 Å². The predicted octanol–water partition coefficient (Wildman–Crippen LogP) is -2.67. The number of nitriles is 1. The maximum absolute atomic E-state index is 11.7. The molecule has 178 valence electrons. The zero-order chi connectivity index (χ0) is 25.0. The third-order valence-electron chi connectivity index (χ3n) is 4.44. The molecule has 3 aromatic rings. The molecule has 0 aliphatic carbocycles. The average molecular weight is 601 g/mol. The third-order valence-corrected chi connectivity index (χ3v) is 6.37. The van der Waals surface area contributed by atoms with Crippen molar-refractivity contribution in [1.29, 1.82) is 5.26 Å². The minimum Gasteiger partial charge on any atom is -0.744 e. The summed E-state index contributed by atoms with van der Waals surface area (Å²) in [5.74, 6) is -0.0573. The smallest absolute Gasteiger partial charge is 0.744 e. The zero-order valence-electron chi connectivity index (χ0n) is 19.8. The van der Waals surface area contributed by atoms with Crippen LogP contribution in [-0.2, 0) is 19.5 Å². The SMILES string of the molecule is Cc1nn(-c2cc(S(=O)(=O)[O-])c(Cl)cc2SOO[O-])c(N=Nc2ccc(N(C)C)cc2)c1C#N.[K+].[K+].